The minimum Gasteiger partial charge on any atom is -0.371 e. The van der Waals surface area contributed by atoms with Crippen molar-refractivity contribution in [1.82, 2.24) is 5.32 Å². The van der Waals surface area contributed by atoms with E-state index in [1.165, 1.54) is 37.2 Å². The van der Waals surface area contributed by atoms with Crippen molar-refractivity contribution in [2.45, 2.75) is 47.1 Å². The van der Waals surface area contributed by atoms with Gasteiger partial charge in [-0.15, -0.1) is 0 Å². The number of nitrogens with zero attached hydrogens (tertiary/aromatic N) is 1. The topological polar surface area (TPSA) is 15.3 Å². The normalized spacial score (nSPS) is 19.6. The summed E-state index contributed by atoms with van der Waals surface area (Å²) in [7, 11) is 0. The van der Waals surface area contributed by atoms with Gasteiger partial charge in [-0.3, -0.25) is 0 Å². The molecule has 1 atom stereocenters. The van der Waals surface area contributed by atoms with Crippen molar-refractivity contribution in [3.8, 4) is 0 Å². The van der Waals surface area contributed by atoms with Crippen LogP contribution < -0.4 is 10.2 Å². The molecule has 1 aliphatic heterocycles. The van der Waals surface area contributed by atoms with Crippen molar-refractivity contribution in [3.63, 3.8) is 0 Å². The van der Waals surface area contributed by atoms with Gasteiger partial charge in [0.05, 0.1) is 0 Å². The number of hydrogen-bond donors (Lipinski definition) is 1. The maximum absolute atomic E-state index is 3.53. The van der Waals surface area contributed by atoms with Crippen LogP contribution in [0.25, 0.3) is 0 Å². The number of rotatable bonds is 5. The summed E-state index contributed by atoms with van der Waals surface area (Å²) in [4.78, 5) is 2.58. The smallest absolute Gasteiger partial charge is 0.0411 e. The number of nitrogens with one attached hydrogen (secondary N) is 1. The van der Waals surface area contributed by atoms with Crippen LogP contribution in [-0.2, 0) is 6.54 Å². The zero-order valence-corrected chi connectivity index (χ0v) is 13.6. The van der Waals surface area contributed by atoms with Gasteiger partial charge in [0, 0.05) is 25.3 Å². The Balaban J connectivity index is 2.06. The maximum atomic E-state index is 3.53. The molecule has 112 valence electrons. The van der Waals surface area contributed by atoms with E-state index in [4.69, 9.17) is 0 Å². The standard InChI is InChI=1S/C18H30N2/c1-5-11-19-13-15-8-6-7-9-17(15)20-12-10-16(14-20)18(2,3)4/h6-9,16,19H,5,10-14H2,1-4H3. The van der Waals surface area contributed by atoms with Gasteiger partial charge in [-0.1, -0.05) is 45.9 Å². The van der Waals surface area contributed by atoms with Gasteiger partial charge in [-0.05, 0) is 42.3 Å². The minimum absolute atomic E-state index is 0.421. The SMILES string of the molecule is CCCNCc1ccccc1N1CCC(C(C)(C)C)C1. The second-order valence-electron chi connectivity index (χ2n) is 7.10. The van der Waals surface area contributed by atoms with Crippen molar-refractivity contribution >= 4 is 5.69 Å². The minimum atomic E-state index is 0.421. The summed E-state index contributed by atoms with van der Waals surface area (Å²) in [5, 5.41) is 3.53. The van der Waals surface area contributed by atoms with E-state index in [0.29, 0.717) is 5.41 Å². The van der Waals surface area contributed by atoms with Gasteiger partial charge >= 0.3 is 0 Å². The van der Waals surface area contributed by atoms with Crippen LogP contribution in [0.3, 0.4) is 0 Å². The molecule has 2 rings (SSSR count). The predicted molar refractivity (Wildman–Crippen MR) is 88.2 cm³/mol. The molecule has 0 aromatic heterocycles. The predicted octanol–water partition coefficient (Wildman–Crippen LogP) is 4.06. The monoisotopic (exact) mass is 274 g/mol. The van der Waals surface area contributed by atoms with Crippen molar-refractivity contribution in [3.05, 3.63) is 29.8 Å². The molecule has 0 saturated carbocycles. The van der Waals surface area contributed by atoms with Gasteiger partial charge in [0.25, 0.3) is 0 Å². The maximum Gasteiger partial charge on any atom is 0.0411 e. The van der Waals surface area contributed by atoms with Crippen LogP contribution in [0.5, 0.6) is 0 Å². The average Bonchev–Trinajstić information content (AvgIpc) is 2.89. The fraction of sp³-hybridized carbons (Fsp3) is 0.667. The first kappa shape index (κ1) is 15.4. The molecule has 1 heterocycles. The van der Waals surface area contributed by atoms with Crippen LogP contribution in [0.1, 0.15) is 46.1 Å². The van der Waals surface area contributed by atoms with E-state index in [1.807, 2.05) is 0 Å². The van der Waals surface area contributed by atoms with Crippen molar-refractivity contribution < 1.29 is 0 Å². The summed E-state index contributed by atoms with van der Waals surface area (Å²) in [6, 6.07) is 8.88. The van der Waals surface area contributed by atoms with Crippen LogP contribution in [0.2, 0.25) is 0 Å². The lowest BCUT2D eigenvalue weighted by Gasteiger charge is -2.28. The van der Waals surface area contributed by atoms with E-state index < -0.39 is 0 Å². The molecule has 1 fully saturated rings. The Hall–Kier alpha value is -1.02. The number of anilines is 1. The number of hydrogen-bond acceptors (Lipinski definition) is 2. The lowest BCUT2D eigenvalue weighted by Crippen LogP contribution is -2.27. The van der Waals surface area contributed by atoms with Gasteiger partial charge in [0.2, 0.25) is 0 Å². The number of benzene rings is 1. The lowest BCUT2D eigenvalue weighted by atomic mass is 9.80. The van der Waals surface area contributed by atoms with Gasteiger partial charge in [0.1, 0.15) is 0 Å². The van der Waals surface area contributed by atoms with Gasteiger partial charge < -0.3 is 10.2 Å². The van der Waals surface area contributed by atoms with E-state index in [1.54, 1.807) is 0 Å². The first-order valence-electron chi connectivity index (χ1n) is 8.06. The molecule has 0 bridgehead atoms. The molecule has 0 amide bonds. The Kier molecular flexibility index (Phi) is 5.09. The van der Waals surface area contributed by atoms with Crippen LogP contribution in [0.4, 0.5) is 5.69 Å². The molecule has 2 nitrogen and oxygen atoms in total. The molecule has 1 N–H and O–H groups in total. The fourth-order valence-corrected chi connectivity index (χ4v) is 3.05. The molecule has 2 heteroatoms. The average molecular weight is 274 g/mol. The molecule has 1 unspecified atom stereocenters. The number of para-hydroxylation sites is 1. The molecular weight excluding hydrogens is 244 g/mol. The lowest BCUT2D eigenvalue weighted by molar-refractivity contribution is 0.263. The first-order valence-corrected chi connectivity index (χ1v) is 8.06. The summed E-state index contributed by atoms with van der Waals surface area (Å²) in [5.41, 5.74) is 3.29. The van der Waals surface area contributed by atoms with Gasteiger partial charge in [-0.2, -0.15) is 0 Å². The molecule has 1 aromatic rings. The molecule has 20 heavy (non-hydrogen) atoms. The van der Waals surface area contributed by atoms with E-state index in [2.05, 4.69) is 62.2 Å². The summed E-state index contributed by atoms with van der Waals surface area (Å²) >= 11 is 0. The molecule has 1 saturated heterocycles. The van der Waals surface area contributed by atoms with Crippen LogP contribution in [0.15, 0.2) is 24.3 Å². The third-order valence-corrected chi connectivity index (χ3v) is 4.49. The van der Waals surface area contributed by atoms with Crippen molar-refractivity contribution in [2.75, 3.05) is 24.5 Å². The second kappa shape index (κ2) is 6.62. The zero-order chi connectivity index (χ0) is 14.6. The van der Waals surface area contributed by atoms with Crippen LogP contribution in [-0.4, -0.2) is 19.6 Å². The van der Waals surface area contributed by atoms with Gasteiger partial charge in [-0.25, -0.2) is 0 Å². The third kappa shape index (κ3) is 3.76. The van der Waals surface area contributed by atoms with Crippen LogP contribution >= 0.6 is 0 Å². The highest BCUT2D eigenvalue weighted by molar-refractivity contribution is 5.54. The first-order chi connectivity index (χ1) is 9.52. The van der Waals surface area contributed by atoms with Gasteiger partial charge in [0.15, 0.2) is 0 Å². The Bertz CT molecular complexity index is 420. The Morgan fingerprint density at radius 2 is 2.00 bits per heavy atom. The Morgan fingerprint density at radius 1 is 1.25 bits per heavy atom. The van der Waals surface area contributed by atoms with E-state index in [9.17, 15) is 0 Å². The molecule has 0 spiro atoms. The van der Waals surface area contributed by atoms with E-state index in [-0.39, 0.29) is 0 Å². The summed E-state index contributed by atoms with van der Waals surface area (Å²) in [6.07, 6.45) is 2.51. The van der Waals surface area contributed by atoms with Crippen molar-refractivity contribution in [1.29, 1.82) is 0 Å². The Morgan fingerprint density at radius 3 is 2.65 bits per heavy atom. The highest BCUT2D eigenvalue weighted by Crippen LogP contribution is 2.36. The molecule has 0 aliphatic carbocycles. The Labute approximate surface area is 124 Å². The van der Waals surface area contributed by atoms with E-state index in [0.717, 1.165) is 19.0 Å². The summed E-state index contributed by atoms with van der Waals surface area (Å²) < 4.78 is 0. The largest absolute Gasteiger partial charge is 0.371 e. The zero-order valence-electron chi connectivity index (χ0n) is 13.6. The summed E-state index contributed by atoms with van der Waals surface area (Å²) in [6.45, 7) is 13.8. The van der Waals surface area contributed by atoms with Crippen molar-refractivity contribution in [2.24, 2.45) is 11.3 Å². The fourth-order valence-electron chi connectivity index (χ4n) is 3.05. The quantitative estimate of drug-likeness (QED) is 0.815. The second-order valence-corrected chi connectivity index (χ2v) is 7.10. The highest BCUT2D eigenvalue weighted by atomic mass is 15.2. The highest BCUT2D eigenvalue weighted by Gasteiger charge is 2.32. The van der Waals surface area contributed by atoms with Crippen LogP contribution in [0, 0.1) is 11.3 Å². The molecule has 0 radical (unpaired) electrons. The molecule has 1 aliphatic rings. The summed E-state index contributed by atoms with van der Waals surface area (Å²) in [5.74, 6) is 0.805. The van der Waals surface area contributed by atoms with E-state index >= 15 is 0 Å². The molecule has 1 aromatic carbocycles. The molecular formula is C18H30N2. The third-order valence-electron chi connectivity index (χ3n) is 4.49.